The number of rotatable bonds is 9. The van der Waals surface area contributed by atoms with E-state index in [0.717, 1.165) is 62.3 Å². The number of likely N-dealkylation sites (N-methyl/N-ethyl adjacent to an activating group) is 1. The van der Waals surface area contributed by atoms with Gasteiger partial charge >= 0.3 is 0 Å². The van der Waals surface area contributed by atoms with E-state index in [-0.39, 0.29) is 5.91 Å². The van der Waals surface area contributed by atoms with E-state index in [0.29, 0.717) is 11.5 Å². The van der Waals surface area contributed by atoms with Gasteiger partial charge in [-0.05, 0) is 51.9 Å². The number of aromatic nitrogens is 1. The van der Waals surface area contributed by atoms with E-state index >= 15 is 0 Å². The van der Waals surface area contributed by atoms with Gasteiger partial charge in [0.15, 0.2) is 11.5 Å². The molecule has 0 fully saturated rings. The number of ether oxygens (including phenoxy) is 2. The number of thiazole rings is 1. The molecule has 0 radical (unpaired) electrons. The minimum absolute atomic E-state index is 0.0881. The maximum absolute atomic E-state index is 12.9. The highest BCUT2D eigenvalue weighted by Crippen LogP contribution is 2.36. The summed E-state index contributed by atoms with van der Waals surface area (Å²) >= 11 is 1.73. The van der Waals surface area contributed by atoms with Crippen LogP contribution >= 0.6 is 11.3 Å². The smallest absolute Gasteiger partial charge is 0.254 e. The fraction of sp³-hybridized carbons (Fsp3) is 0.524. The highest BCUT2D eigenvalue weighted by atomic mass is 32.1. The number of fused-ring (bicyclic) bond motifs is 1. The summed E-state index contributed by atoms with van der Waals surface area (Å²) in [5.74, 6) is 1.46. The number of amides is 1. The quantitative estimate of drug-likeness (QED) is 0.644. The Kier molecular flexibility index (Phi) is 6.91. The van der Waals surface area contributed by atoms with Crippen LogP contribution in [0.15, 0.2) is 17.6 Å². The minimum Gasteiger partial charge on any atom is -0.493 e. The summed E-state index contributed by atoms with van der Waals surface area (Å²) in [6.07, 6.45) is 2.79. The van der Waals surface area contributed by atoms with Crippen molar-refractivity contribution in [2.24, 2.45) is 0 Å². The molecule has 1 aliphatic heterocycles. The predicted molar refractivity (Wildman–Crippen MR) is 112 cm³/mol. The molecule has 0 unspecified atom stereocenters. The van der Waals surface area contributed by atoms with E-state index in [1.54, 1.807) is 25.6 Å². The van der Waals surface area contributed by atoms with Gasteiger partial charge in [-0.2, -0.15) is 0 Å². The number of benzene rings is 1. The summed E-state index contributed by atoms with van der Waals surface area (Å²) < 4.78 is 10.8. The van der Waals surface area contributed by atoms with E-state index in [9.17, 15) is 4.79 Å². The summed E-state index contributed by atoms with van der Waals surface area (Å²) in [6.45, 7) is 5.54. The van der Waals surface area contributed by atoms with E-state index in [4.69, 9.17) is 9.47 Å². The van der Waals surface area contributed by atoms with Crippen LogP contribution in [0.25, 0.3) is 0 Å². The van der Waals surface area contributed by atoms with Crippen molar-refractivity contribution in [1.29, 1.82) is 0 Å². The number of methoxy groups -OCH3 is 2. The molecule has 0 atom stereocenters. The predicted octanol–water partition coefficient (Wildman–Crippen LogP) is 3.03. The van der Waals surface area contributed by atoms with Crippen LogP contribution in [-0.2, 0) is 12.8 Å². The number of nitrogens with zero attached hydrogens (tertiary/aromatic N) is 3. The Labute approximate surface area is 171 Å². The monoisotopic (exact) mass is 403 g/mol. The molecule has 0 saturated heterocycles. The van der Waals surface area contributed by atoms with Gasteiger partial charge in [0.2, 0.25) is 0 Å². The normalized spacial score (nSPS) is 13.8. The Bertz CT molecular complexity index is 821. The second-order valence-electron chi connectivity index (χ2n) is 7.14. The zero-order valence-electron chi connectivity index (χ0n) is 17.2. The molecule has 1 aromatic carbocycles. The first-order valence-electron chi connectivity index (χ1n) is 9.65. The summed E-state index contributed by atoms with van der Waals surface area (Å²) in [7, 11) is 5.38. The van der Waals surface area contributed by atoms with Crippen LogP contribution in [0.5, 0.6) is 11.5 Å². The van der Waals surface area contributed by atoms with Gasteiger partial charge in [-0.15, -0.1) is 11.3 Å². The zero-order valence-corrected chi connectivity index (χ0v) is 18.0. The maximum Gasteiger partial charge on any atom is 0.254 e. The second kappa shape index (κ2) is 9.39. The van der Waals surface area contributed by atoms with Gasteiger partial charge in [0.1, 0.15) is 0 Å². The number of carbonyl (C=O) groups is 1. The number of hydrogen-bond acceptors (Lipinski definition) is 6. The summed E-state index contributed by atoms with van der Waals surface area (Å²) in [5.41, 5.74) is 4.75. The largest absolute Gasteiger partial charge is 0.493 e. The lowest BCUT2D eigenvalue weighted by atomic mass is 9.97. The molecule has 3 rings (SSSR count). The van der Waals surface area contributed by atoms with Gasteiger partial charge in [-0.1, -0.05) is 0 Å². The fourth-order valence-corrected chi connectivity index (χ4v) is 4.44. The third kappa shape index (κ3) is 4.47. The van der Waals surface area contributed by atoms with Crippen molar-refractivity contribution < 1.29 is 14.3 Å². The van der Waals surface area contributed by atoms with Gasteiger partial charge < -0.3 is 19.3 Å². The first kappa shape index (κ1) is 20.6. The number of carbonyl (C=O) groups excluding carboxylic acids is 1. The summed E-state index contributed by atoms with van der Waals surface area (Å²) in [5, 5.41) is 0. The molecule has 0 aliphatic carbocycles. The molecule has 0 bridgehead atoms. The molecule has 7 heteroatoms. The van der Waals surface area contributed by atoms with Crippen LogP contribution in [0.3, 0.4) is 0 Å². The lowest BCUT2D eigenvalue weighted by Crippen LogP contribution is -2.39. The van der Waals surface area contributed by atoms with Crippen LogP contribution in [0.4, 0.5) is 0 Å². The van der Waals surface area contributed by atoms with Crippen molar-refractivity contribution in [2.45, 2.75) is 26.2 Å². The molecule has 2 heterocycles. The SMILES string of the molecule is COc1ccc2c(c1OC)CCN(CCCN(C)CCc1scnc1C)C2=O. The average molecular weight is 404 g/mol. The molecule has 6 nitrogen and oxygen atoms in total. The molecular formula is C21H29N3O3S. The third-order valence-electron chi connectivity index (χ3n) is 5.33. The maximum atomic E-state index is 12.9. The van der Waals surface area contributed by atoms with E-state index in [1.807, 2.05) is 22.5 Å². The van der Waals surface area contributed by atoms with Gasteiger partial charge in [0.05, 0.1) is 25.4 Å². The highest BCUT2D eigenvalue weighted by molar-refractivity contribution is 7.09. The summed E-state index contributed by atoms with van der Waals surface area (Å²) in [4.78, 5) is 22.8. The van der Waals surface area contributed by atoms with Crippen molar-refractivity contribution in [3.8, 4) is 11.5 Å². The van der Waals surface area contributed by atoms with Crippen LogP contribution in [0.2, 0.25) is 0 Å². The van der Waals surface area contributed by atoms with E-state index < -0.39 is 0 Å². The molecule has 152 valence electrons. The van der Waals surface area contributed by atoms with Crippen molar-refractivity contribution in [1.82, 2.24) is 14.8 Å². The van der Waals surface area contributed by atoms with Crippen LogP contribution < -0.4 is 9.47 Å². The lowest BCUT2D eigenvalue weighted by molar-refractivity contribution is 0.0731. The molecule has 1 aromatic heterocycles. The number of aryl methyl sites for hydroxylation is 1. The van der Waals surface area contributed by atoms with Crippen LogP contribution in [-0.4, -0.2) is 68.1 Å². The van der Waals surface area contributed by atoms with Crippen molar-refractivity contribution >= 4 is 17.2 Å². The zero-order chi connectivity index (χ0) is 20.1. The highest BCUT2D eigenvalue weighted by Gasteiger charge is 2.28. The number of hydrogen-bond donors (Lipinski definition) is 0. The van der Waals surface area contributed by atoms with Crippen LogP contribution in [0.1, 0.15) is 32.9 Å². The Hall–Kier alpha value is -2.12. The standard InChI is InChI=1S/C21H29N3O3S/c1-15-19(28-14-22-15)9-12-23(2)10-5-11-24-13-8-16-17(21(24)25)6-7-18(26-3)20(16)27-4/h6-7,14H,5,8-13H2,1-4H3. The Morgan fingerprint density at radius 2 is 2.07 bits per heavy atom. The Balaban J connectivity index is 1.51. The minimum atomic E-state index is 0.0881. The van der Waals surface area contributed by atoms with Gasteiger partial charge in [0, 0.05) is 35.6 Å². The van der Waals surface area contributed by atoms with Gasteiger partial charge in [0.25, 0.3) is 5.91 Å². The van der Waals surface area contributed by atoms with E-state index in [1.165, 1.54) is 4.88 Å². The van der Waals surface area contributed by atoms with Crippen molar-refractivity contribution in [2.75, 3.05) is 47.4 Å². The molecule has 0 spiro atoms. The molecular weight excluding hydrogens is 374 g/mol. The molecule has 1 aliphatic rings. The molecule has 0 saturated carbocycles. The van der Waals surface area contributed by atoms with Crippen LogP contribution in [0, 0.1) is 6.92 Å². The molecule has 1 amide bonds. The molecule has 2 aromatic rings. The van der Waals surface area contributed by atoms with Gasteiger partial charge in [-0.25, -0.2) is 4.98 Å². The Morgan fingerprint density at radius 3 is 2.75 bits per heavy atom. The van der Waals surface area contributed by atoms with Crippen molar-refractivity contribution in [3.05, 3.63) is 39.3 Å². The summed E-state index contributed by atoms with van der Waals surface area (Å²) in [6, 6.07) is 3.67. The average Bonchev–Trinajstić information content (AvgIpc) is 3.12. The van der Waals surface area contributed by atoms with E-state index in [2.05, 4.69) is 23.9 Å². The Morgan fingerprint density at radius 1 is 1.25 bits per heavy atom. The topological polar surface area (TPSA) is 54.9 Å². The lowest BCUT2D eigenvalue weighted by Gasteiger charge is -2.30. The first-order chi connectivity index (χ1) is 13.5. The third-order valence-corrected chi connectivity index (χ3v) is 6.33. The van der Waals surface area contributed by atoms with Gasteiger partial charge in [-0.3, -0.25) is 4.79 Å². The first-order valence-corrected chi connectivity index (χ1v) is 10.5. The van der Waals surface area contributed by atoms with Crippen molar-refractivity contribution in [3.63, 3.8) is 0 Å². The second-order valence-corrected chi connectivity index (χ2v) is 8.08. The molecule has 0 N–H and O–H groups in total. The molecule has 28 heavy (non-hydrogen) atoms. The fourth-order valence-electron chi connectivity index (χ4n) is 3.67.